The van der Waals surface area contributed by atoms with Crippen molar-refractivity contribution in [1.29, 1.82) is 0 Å². The molecule has 0 aliphatic carbocycles. The molecule has 0 spiro atoms. The summed E-state index contributed by atoms with van der Waals surface area (Å²) in [6.07, 6.45) is -0.501. The Hall–Kier alpha value is -0.900. The highest BCUT2D eigenvalue weighted by molar-refractivity contribution is 9.10. The van der Waals surface area contributed by atoms with E-state index in [4.69, 9.17) is 11.6 Å². The van der Waals surface area contributed by atoms with Crippen LogP contribution in [0.25, 0.3) is 0 Å². The minimum absolute atomic E-state index is 0.237. The predicted molar refractivity (Wildman–Crippen MR) is 74.2 cm³/mol. The van der Waals surface area contributed by atoms with Crippen LogP contribution >= 0.6 is 27.5 Å². The highest BCUT2D eigenvalue weighted by atomic mass is 79.9. The molecule has 0 aromatic heterocycles. The van der Waals surface area contributed by atoms with Crippen molar-refractivity contribution in [2.45, 2.75) is 12.5 Å². The van der Waals surface area contributed by atoms with Crippen LogP contribution in [0, 0.1) is 5.82 Å². The first kappa shape index (κ1) is 13.5. The summed E-state index contributed by atoms with van der Waals surface area (Å²) in [6.45, 7) is 0. The maximum Gasteiger partial charge on any atom is 0.127 e. The van der Waals surface area contributed by atoms with Crippen LogP contribution in [-0.2, 0) is 6.42 Å². The molecule has 0 amide bonds. The Morgan fingerprint density at radius 3 is 2.44 bits per heavy atom. The van der Waals surface area contributed by atoms with E-state index < -0.39 is 6.10 Å². The molecule has 0 aliphatic rings. The fourth-order valence-corrected chi connectivity index (χ4v) is 2.16. The van der Waals surface area contributed by atoms with Gasteiger partial charge < -0.3 is 5.11 Å². The first-order valence-electron chi connectivity index (χ1n) is 5.44. The third kappa shape index (κ3) is 3.31. The number of hydrogen-bond donors (Lipinski definition) is 1. The van der Waals surface area contributed by atoms with E-state index in [-0.39, 0.29) is 12.2 Å². The van der Waals surface area contributed by atoms with E-state index in [1.54, 1.807) is 36.4 Å². The van der Waals surface area contributed by atoms with Crippen LogP contribution in [0.2, 0.25) is 5.02 Å². The largest absolute Gasteiger partial charge is 0.388 e. The fraction of sp³-hybridized carbons (Fsp3) is 0.143. The van der Waals surface area contributed by atoms with Crippen molar-refractivity contribution in [3.8, 4) is 0 Å². The van der Waals surface area contributed by atoms with Gasteiger partial charge in [0.05, 0.1) is 6.10 Å². The molecule has 1 atom stereocenters. The molecule has 0 heterocycles. The van der Waals surface area contributed by atoms with Gasteiger partial charge in [0.2, 0.25) is 0 Å². The number of rotatable bonds is 3. The topological polar surface area (TPSA) is 20.2 Å². The Morgan fingerprint density at radius 1 is 1.17 bits per heavy atom. The molecule has 2 rings (SSSR count). The molecular weight excluding hydrogens is 319 g/mol. The number of benzene rings is 2. The van der Waals surface area contributed by atoms with Crippen molar-refractivity contribution in [3.05, 3.63) is 68.9 Å². The first-order valence-corrected chi connectivity index (χ1v) is 6.61. The summed E-state index contributed by atoms with van der Waals surface area (Å²) < 4.78 is 14.3. The Labute approximate surface area is 118 Å². The summed E-state index contributed by atoms with van der Waals surface area (Å²) in [5.74, 6) is -0.322. The van der Waals surface area contributed by atoms with E-state index in [1.807, 2.05) is 0 Å². The molecule has 2 aromatic carbocycles. The fourth-order valence-electron chi connectivity index (χ4n) is 1.70. The molecule has 0 saturated carbocycles. The van der Waals surface area contributed by atoms with Gasteiger partial charge in [-0.25, -0.2) is 4.39 Å². The normalized spacial score (nSPS) is 12.4. The van der Waals surface area contributed by atoms with Gasteiger partial charge in [0.25, 0.3) is 0 Å². The van der Waals surface area contributed by atoms with Crippen molar-refractivity contribution >= 4 is 27.5 Å². The Balaban J connectivity index is 2.15. The second kappa shape index (κ2) is 5.83. The van der Waals surface area contributed by atoms with Gasteiger partial charge in [-0.3, -0.25) is 0 Å². The van der Waals surface area contributed by atoms with Gasteiger partial charge >= 0.3 is 0 Å². The smallest absolute Gasteiger partial charge is 0.127 e. The summed E-state index contributed by atoms with van der Waals surface area (Å²) in [4.78, 5) is 0. The Kier molecular flexibility index (Phi) is 4.38. The quantitative estimate of drug-likeness (QED) is 0.878. The lowest BCUT2D eigenvalue weighted by Crippen LogP contribution is -2.03. The van der Waals surface area contributed by atoms with Crippen LogP contribution in [-0.4, -0.2) is 5.11 Å². The molecule has 94 valence electrons. The monoisotopic (exact) mass is 328 g/mol. The minimum Gasteiger partial charge on any atom is -0.388 e. The van der Waals surface area contributed by atoms with Crippen LogP contribution in [0.5, 0.6) is 0 Å². The van der Waals surface area contributed by atoms with E-state index in [1.165, 1.54) is 6.07 Å². The molecule has 1 unspecified atom stereocenters. The molecule has 0 bridgehead atoms. The minimum atomic E-state index is -0.738. The van der Waals surface area contributed by atoms with E-state index >= 15 is 0 Å². The molecule has 0 fully saturated rings. The molecule has 0 radical (unpaired) electrons. The maximum atomic E-state index is 13.6. The molecule has 1 N–H and O–H groups in total. The summed E-state index contributed by atoms with van der Waals surface area (Å²) in [5.41, 5.74) is 1.21. The summed E-state index contributed by atoms with van der Waals surface area (Å²) >= 11 is 8.97. The average Bonchev–Trinajstić information content (AvgIpc) is 2.33. The lowest BCUT2D eigenvalue weighted by atomic mass is 10.0. The molecule has 0 aliphatic heterocycles. The van der Waals surface area contributed by atoms with E-state index in [2.05, 4.69) is 15.9 Å². The van der Waals surface area contributed by atoms with Gasteiger partial charge in [-0.15, -0.1) is 0 Å². The van der Waals surface area contributed by atoms with Crippen LogP contribution in [0.3, 0.4) is 0 Å². The lowest BCUT2D eigenvalue weighted by molar-refractivity contribution is 0.177. The Morgan fingerprint density at radius 2 is 1.83 bits per heavy atom. The predicted octanol–water partition coefficient (Wildman–Crippen LogP) is 4.52. The Bertz CT molecular complexity index is 542. The third-order valence-corrected chi connectivity index (χ3v) is 3.43. The van der Waals surface area contributed by atoms with E-state index in [0.717, 1.165) is 5.56 Å². The molecule has 1 nitrogen and oxygen atoms in total. The second-order valence-electron chi connectivity index (χ2n) is 4.01. The van der Waals surface area contributed by atoms with Crippen molar-refractivity contribution in [2.24, 2.45) is 0 Å². The maximum absolute atomic E-state index is 13.6. The first-order chi connectivity index (χ1) is 8.56. The molecule has 4 heteroatoms. The van der Waals surface area contributed by atoms with Crippen LogP contribution in [0.1, 0.15) is 17.2 Å². The van der Waals surface area contributed by atoms with Gasteiger partial charge in [0.1, 0.15) is 5.82 Å². The van der Waals surface area contributed by atoms with Gasteiger partial charge in [-0.1, -0.05) is 45.7 Å². The molecular formula is C14H11BrClFO. The van der Waals surface area contributed by atoms with Gasteiger partial charge in [-0.05, 0) is 35.4 Å². The average molecular weight is 330 g/mol. The van der Waals surface area contributed by atoms with E-state index in [0.29, 0.717) is 15.1 Å². The summed E-state index contributed by atoms with van der Waals surface area (Å²) in [6, 6.07) is 11.7. The number of aliphatic hydroxyl groups is 1. The zero-order valence-corrected chi connectivity index (χ0v) is 11.7. The SMILES string of the molecule is OC(Cc1ccc(Br)cc1F)c1ccc(Cl)cc1. The van der Waals surface area contributed by atoms with Gasteiger partial charge in [0, 0.05) is 15.9 Å². The van der Waals surface area contributed by atoms with E-state index in [9.17, 15) is 9.50 Å². The number of aliphatic hydroxyl groups excluding tert-OH is 1. The van der Waals surface area contributed by atoms with Crippen LogP contribution in [0.4, 0.5) is 4.39 Å². The third-order valence-electron chi connectivity index (χ3n) is 2.68. The number of halogens is 3. The lowest BCUT2D eigenvalue weighted by Gasteiger charge is -2.12. The molecule has 2 aromatic rings. The van der Waals surface area contributed by atoms with Crippen molar-refractivity contribution in [2.75, 3.05) is 0 Å². The van der Waals surface area contributed by atoms with Crippen LogP contribution in [0.15, 0.2) is 46.9 Å². The van der Waals surface area contributed by atoms with Gasteiger partial charge in [0.15, 0.2) is 0 Å². The second-order valence-corrected chi connectivity index (χ2v) is 5.36. The highest BCUT2D eigenvalue weighted by Crippen LogP contribution is 2.23. The van der Waals surface area contributed by atoms with Gasteiger partial charge in [-0.2, -0.15) is 0 Å². The summed E-state index contributed by atoms with van der Waals surface area (Å²) in [7, 11) is 0. The van der Waals surface area contributed by atoms with Crippen LogP contribution < -0.4 is 0 Å². The number of hydrogen-bond acceptors (Lipinski definition) is 1. The molecule has 0 saturated heterocycles. The van der Waals surface area contributed by atoms with Crippen molar-refractivity contribution in [1.82, 2.24) is 0 Å². The van der Waals surface area contributed by atoms with Crippen molar-refractivity contribution < 1.29 is 9.50 Å². The van der Waals surface area contributed by atoms with Crippen molar-refractivity contribution in [3.63, 3.8) is 0 Å². The zero-order chi connectivity index (χ0) is 13.1. The highest BCUT2D eigenvalue weighted by Gasteiger charge is 2.11. The summed E-state index contributed by atoms with van der Waals surface area (Å²) in [5, 5.41) is 10.6. The molecule has 18 heavy (non-hydrogen) atoms. The standard InChI is InChI=1S/C14H11BrClFO/c15-11-4-1-10(13(17)8-11)7-14(18)9-2-5-12(16)6-3-9/h1-6,8,14,18H,7H2. The zero-order valence-electron chi connectivity index (χ0n) is 9.41.